The van der Waals surface area contributed by atoms with E-state index in [1.54, 1.807) is 6.92 Å². The zero-order valence-electron chi connectivity index (χ0n) is 8.90. The lowest BCUT2D eigenvalue weighted by Crippen LogP contribution is -2.43. The second-order valence-corrected chi connectivity index (χ2v) is 4.08. The number of hydrogen-bond donors (Lipinski definition) is 3. The van der Waals surface area contributed by atoms with Crippen molar-refractivity contribution in [1.29, 1.82) is 0 Å². The van der Waals surface area contributed by atoms with Crippen molar-refractivity contribution >= 4 is 11.9 Å². The van der Waals surface area contributed by atoms with E-state index in [9.17, 15) is 9.59 Å². The Morgan fingerprint density at radius 2 is 2.20 bits per heavy atom. The molecule has 5 heteroatoms. The van der Waals surface area contributed by atoms with Gasteiger partial charge in [0.2, 0.25) is 5.91 Å². The van der Waals surface area contributed by atoms with Crippen molar-refractivity contribution in [2.75, 3.05) is 0 Å². The molecule has 0 bridgehead atoms. The molecule has 0 spiro atoms. The highest BCUT2D eigenvalue weighted by molar-refractivity contribution is 5.85. The van der Waals surface area contributed by atoms with Gasteiger partial charge in [-0.05, 0) is 25.7 Å². The van der Waals surface area contributed by atoms with Crippen molar-refractivity contribution in [3.63, 3.8) is 0 Å². The Morgan fingerprint density at radius 1 is 1.53 bits per heavy atom. The molecular formula is C10H18N2O3. The Hall–Kier alpha value is -1.10. The highest BCUT2D eigenvalue weighted by Gasteiger charge is 2.29. The molecule has 0 aliphatic heterocycles. The topological polar surface area (TPSA) is 92.4 Å². The molecule has 4 N–H and O–H groups in total. The summed E-state index contributed by atoms with van der Waals surface area (Å²) in [7, 11) is 0. The summed E-state index contributed by atoms with van der Waals surface area (Å²) in [5, 5.41) is 11.3. The van der Waals surface area contributed by atoms with Gasteiger partial charge in [0.25, 0.3) is 0 Å². The first-order chi connectivity index (χ1) is 7.04. The quantitative estimate of drug-likeness (QED) is 0.618. The molecule has 0 radical (unpaired) electrons. The van der Waals surface area contributed by atoms with Crippen LogP contribution in [0.1, 0.15) is 32.6 Å². The zero-order valence-corrected chi connectivity index (χ0v) is 8.90. The van der Waals surface area contributed by atoms with E-state index in [1.807, 2.05) is 0 Å². The summed E-state index contributed by atoms with van der Waals surface area (Å²) < 4.78 is 0. The number of carboxylic acid groups (broad SMARTS) is 1. The van der Waals surface area contributed by atoms with E-state index in [-0.39, 0.29) is 17.9 Å². The number of nitrogens with two attached hydrogens (primary N) is 1. The second-order valence-electron chi connectivity index (χ2n) is 4.08. The van der Waals surface area contributed by atoms with Crippen LogP contribution in [0.4, 0.5) is 0 Å². The van der Waals surface area contributed by atoms with Crippen molar-refractivity contribution in [3.8, 4) is 0 Å². The Labute approximate surface area is 89.0 Å². The average molecular weight is 214 g/mol. The Balaban J connectivity index is 2.44. The molecule has 1 aliphatic carbocycles. The number of aliphatic carboxylic acids is 1. The summed E-state index contributed by atoms with van der Waals surface area (Å²) in [6, 6.07) is -0.681. The lowest BCUT2D eigenvalue weighted by Gasteiger charge is -2.15. The van der Waals surface area contributed by atoms with E-state index in [4.69, 9.17) is 10.8 Å². The summed E-state index contributed by atoms with van der Waals surface area (Å²) in [6.07, 6.45) is 2.69. The molecule has 1 saturated carbocycles. The normalized spacial score (nSPS) is 27.3. The fourth-order valence-electron chi connectivity index (χ4n) is 1.88. The summed E-state index contributed by atoms with van der Waals surface area (Å²) in [4.78, 5) is 22.3. The van der Waals surface area contributed by atoms with Crippen LogP contribution in [-0.2, 0) is 9.59 Å². The molecular weight excluding hydrogens is 196 g/mol. The number of carbonyl (C=O) groups excluding carboxylic acids is 1. The fourth-order valence-corrected chi connectivity index (χ4v) is 1.88. The van der Waals surface area contributed by atoms with E-state index in [0.29, 0.717) is 12.8 Å². The van der Waals surface area contributed by atoms with Gasteiger partial charge in [0, 0.05) is 12.0 Å². The van der Waals surface area contributed by atoms with Gasteiger partial charge in [-0.15, -0.1) is 0 Å². The third kappa shape index (κ3) is 3.20. The van der Waals surface area contributed by atoms with Crippen molar-refractivity contribution in [1.82, 2.24) is 5.32 Å². The summed E-state index contributed by atoms with van der Waals surface area (Å²) in [5.74, 6) is -1.25. The van der Waals surface area contributed by atoms with Crippen molar-refractivity contribution < 1.29 is 14.7 Å². The van der Waals surface area contributed by atoms with Gasteiger partial charge in [-0.1, -0.05) is 6.92 Å². The number of rotatable bonds is 4. The minimum Gasteiger partial charge on any atom is -0.480 e. The standard InChI is InChI=1S/C10H18N2O3/c1-2-8(10(14)15)12-9(13)6-3-4-7(11)5-6/h6-8H,2-5,11H2,1H3,(H,12,13)(H,14,15)/t6?,7?,8-/m1/s1. The number of carbonyl (C=O) groups is 2. The molecule has 1 aliphatic rings. The summed E-state index contributed by atoms with van der Waals surface area (Å²) >= 11 is 0. The van der Waals surface area contributed by atoms with Crippen LogP contribution in [0.25, 0.3) is 0 Å². The molecule has 0 saturated heterocycles. The first-order valence-corrected chi connectivity index (χ1v) is 5.33. The largest absolute Gasteiger partial charge is 0.480 e. The second kappa shape index (κ2) is 5.11. The van der Waals surface area contributed by atoms with Crippen molar-refractivity contribution in [3.05, 3.63) is 0 Å². The van der Waals surface area contributed by atoms with Crippen LogP contribution in [0.3, 0.4) is 0 Å². The van der Waals surface area contributed by atoms with E-state index in [2.05, 4.69) is 5.32 Å². The van der Waals surface area contributed by atoms with E-state index >= 15 is 0 Å². The molecule has 86 valence electrons. The van der Waals surface area contributed by atoms with Crippen molar-refractivity contribution in [2.45, 2.75) is 44.7 Å². The SMILES string of the molecule is CC[C@@H](NC(=O)C1CCC(N)C1)C(=O)O. The van der Waals surface area contributed by atoms with Gasteiger partial charge in [0.15, 0.2) is 0 Å². The first kappa shape index (κ1) is 12.0. The Morgan fingerprint density at radius 3 is 2.60 bits per heavy atom. The van der Waals surface area contributed by atoms with Gasteiger partial charge in [-0.2, -0.15) is 0 Å². The van der Waals surface area contributed by atoms with Crippen LogP contribution in [0.5, 0.6) is 0 Å². The third-order valence-corrected chi connectivity index (χ3v) is 2.87. The van der Waals surface area contributed by atoms with E-state index < -0.39 is 12.0 Å². The molecule has 0 heterocycles. The highest BCUT2D eigenvalue weighted by atomic mass is 16.4. The minimum absolute atomic E-state index is 0.0886. The van der Waals surface area contributed by atoms with Crippen molar-refractivity contribution in [2.24, 2.45) is 11.7 Å². The molecule has 0 aromatic heterocycles. The van der Waals surface area contributed by atoms with Crippen LogP contribution < -0.4 is 11.1 Å². The van der Waals surface area contributed by atoms with Gasteiger partial charge < -0.3 is 16.2 Å². The first-order valence-electron chi connectivity index (χ1n) is 5.33. The van der Waals surface area contributed by atoms with Gasteiger partial charge in [-0.25, -0.2) is 4.79 Å². The number of amides is 1. The van der Waals surface area contributed by atoms with Gasteiger partial charge in [0.1, 0.15) is 6.04 Å². The number of hydrogen-bond acceptors (Lipinski definition) is 3. The molecule has 15 heavy (non-hydrogen) atoms. The minimum atomic E-state index is -0.979. The third-order valence-electron chi connectivity index (χ3n) is 2.87. The molecule has 5 nitrogen and oxygen atoms in total. The maximum absolute atomic E-state index is 11.6. The zero-order chi connectivity index (χ0) is 11.4. The lowest BCUT2D eigenvalue weighted by atomic mass is 10.1. The number of carboxylic acids is 1. The summed E-state index contributed by atoms with van der Waals surface area (Å²) in [5.41, 5.74) is 5.69. The van der Waals surface area contributed by atoms with Gasteiger partial charge >= 0.3 is 5.97 Å². The molecule has 1 rings (SSSR count). The van der Waals surface area contributed by atoms with Crippen LogP contribution in [-0.4, -0.2) is 29.1 Å². The molecule has 1 amide bonds. The predicted molar refractivity (Wildman–Crippen MR) is 55.2 cm³/mol. The van der Waals surface area contributed by atoms with Crippen LogP contribution in [0.2, 0.25) is 0 Å². The maximum atomic E-state index is 11.6. The smallest absolute Gasteiger partial charge is 0.326 e. The molecule has 0 aromatic rings. The Bertz CT molecular complexity index is 255. The van der Waals surface area contributed by atoms with Gasteiger partial charge in [0.05, 0.1) is 0 Å². The molecule has 3 atom stereocenters. The highest BCUT2D eigenvalue weighted by Crippen LogP contribution is 2.24. The lowest BCUT2D eigenvalue weighted by molar-refractivity contribution is -0.142. The average Bonchev–Trinajstić information content (AvgIpc) is 2.60. The monoisotopic (exact) mass is 214 g/mol. The predicted octanol–water partition coefficient (Wildman–Crippen LogP) is 0.0932. The molecule has 2 unspecified atom stereocenters. The summed E-state index contributed by atoms with van der Waals surface area (Å²) in [6.45, 7) is 1.74. The fraction of sp³-hybridized carbons (Fsp3) is 0.800. The van der Waals surface area contributed by atoms with Crippen LogP contribution in [0, 0.1) is 5.92 Å². The van der Waals surface area contributed by atoms with E-state index in [1.165, 1.54) is 0 Å². The molecule has 1 fully saturated rings. The van der Waals surface area contributed by atoms with Crippen LogP contribution in [0.15, 0.2) is 0 Å². The van der Waals surface area contributed by atoms with Crippen LogP contribution >= 0.6 is 0 Å². The van der Waals surface area contributed by atoms with E-state index in [0.717, 1.165) is 12.8 Å². The maximum Gasteiger partial charge on any atom is 0.326 e. The van der Waals surface area contributed by atoms with Gasteiger partial charge in [-0.3, -0.25) is 4.79 Å². The number of nitrogens with one attached hydrogen (secondary N) is 1. The molecule has 0 aromatic carbocycles. The Kier molecular flexibility index (Phi) is 4.08.